The van der Waals surface area contributed by atoms with Crippen molar-refractivity contribution >= 4 is 23.4 Å². The largest absolute Gasteiger partial charge is 0.469 e. The summed E-state index contributed by atoms with van der Waals surface area (Å²) in [5, 5.41) is 4.80. The van der Waals surface area contributed by atoms with Gasteiger partial charge in [0.25, 0.3) is 5.56 Å². The smallest absolute Gasteiger partial charge is 0.311 e. The molecule has 2 aromatic heterocycles. The fourth-order valence-electron chi connectivity index (χ4n) is 2.95. The van der Waals surface area contributed by atoms with Crippen molar-refractivity contribution in [2.45, 2.75) is 5.92 Å². The number of ether oxygens (including phenoxy) is 1. The van der Waals surface area contributed by atoms with Crippen LogP contribution in [-0.4, -0.2) is 40.9 Å². The normalized spacial score (nSPS) is 20.2. The Hall–Kier alpha value is -2.41. The number of anilines is 1. The van der Waals surface area contributed by atoms with Crippen molar-refractivity contribution in [3.8, 4) is 0 Å². The van der Waals surface area contributed by atoms with Crippen molar-refractivity contribution in [1.82, 2.24) is 14.8 Å². The summed E-state index contributed by atoms with van der Waals surface area (Å²) in [5.41, 5.74) is 0.598. The number of aryl methyl sites for hydroxylation is 1. The minimum Gasteiger partial charge on any atom is -0.469 e. The number of halogens is 1. The van der Waals surface area contributed by atoms with E-state index in [9.17, 15) is 9.59 Å². The number of nitrogens with zero attached hydrogens (tertiary/aromatic N) is 4. The van der Waals surface area contributed by atoms with Gasteiger partial charge in [0, 0.05) is 44.0 Å². The van der Waals surface area contributed by atoms with Gasteiger partial charge in [0.05, 0.1) is 18.1 Å². The van der Waals surface area contributed by atoms with E-state index in [0.717, 1.165) is 5.69 Å². The third kappa shape index (κ3) is 3.12. The highest BCUT2D eigenvalue weighted by Gasteiger charge is 2.40. The van der Waals surface area contributed by atoms with Crippen LogP contribution in [0.25, 0.3) is 0 Å². The Morgan fingerprint density at radius 2 is 2.08 bits per heavy atom. The van der Waals surface area contributed by atoms with Gasteiger partial charge in [-0.15, -0.1) is 0 Å². The van der Waals surface area contributed by atoms with E-state index in [4.69, 9.17) is 16.3 Å². The number of pyridine rings is 1. The molecule has 2 atom stereocenters. The number of hydrogen-bond donors (Lipinski definition) is 0. The summed E-state index contributed by atoms with van der Waals surface area (Å²) in [6, 6.07) is 6.70. The van der Waals surface area contributed by atoms with E-state index in [-0.39, 0.29) is 23.4 Å². The summed E-state index contributed by atoms with van der Waals surface area (Å²) in [6.07, 6.45) is 1.57. The quantitative estimate of drug-likeness (QED) is 0.776. The van der Waals surface area contributed by atoms with Crippen molar-refractivity contribution in [1.29, 1.82) is 0 Å². The fraction of sp³-hybridized carbons (Fsp3) is 0.375. The maximum Gasteiger partial charge on any atom is 0.311 e. The van der Waals surface area contributed by atoms with E-state index in [2.05, 4.69) is 10.1 Å². The molecule has 0 aliphatic carbocycles. The number of rotatable bonds is 3. The minimum atomic E-state index is -0.359. The lowest BCUT2D eigenvalue weighted by atomic mass is 9.92. The fourth-order valence-corrected chi connectivity index (χ4v) is 3.06. The zero-order valence-corrected chi connectivity index (χ0v) is 14.1. The van der Waals surface area contributed by atoms with E-state index < -0.39 is 0 Å². The van der Waals surface area contributed by atoms with Crippen molar-refractivity contribution in [2.75, 3.05) is 25.1 Å². The van der Waals surface area contributed by atoms with Gasteiger partial charge in [-0.1, -0.05) is 11.6 Å². The second-order valence-corrected chi connectivity index (χ2v) is 6.13. The molecule has 1 fully saturated rings. The number of hydrogen-bond acceptors (Lipinski definition) is 6. The summed E-state index contributed by atoms with van der Waals surface area (Å²) >= 11 is 5.89. The van der Waals surface area contributed by atoms with Gasteiger partial charge in [0.1, 0.15) is 5.82 Å². The molecule has 7 nitrogen and oxygen atoms in total. The summed E-state index contributed by atoms with van der Waals surface area (Å²) in [5.74, 6) is -0.136. The Bertz CT molecular complexity index is 806. The van der Waals surface area contributed by atoms with Crippen LogP contribution < -0.4 is 10.5 Å². The van der Waals surface area contributed by atoms with Crippen LogP contribution in [0.3, 0.4) is 0 Å². The first kappa shape index (κ1) is 16.4. The summed E-state index contributed by atoms with van der Waals surface area (Å²) in [6.45, 7) is 1.01. The lowest BCUT2D eigenvalue weighted by Gasteiger charge is -2.17. The van der Waals surface area contributed by atoms with Gasteiger partial charge in [-0.3, -0.25) is 14.6 Å². The van der Waals surface area contributed by atoms with Gasteiger partial charge in [-0.05, 0) is 18.2 Å². The first-order chi connectivity index (χ1) is 11.5. The highest BCUT2D eigenvalue weighted by Crippen LogP contribution is 2.34. The molecule has 3 heterocycles. The number of aromatic nitrogens is 3. The molecule has 0 N–H and O–H groups in total. The van der Waals surface area contributed by atoms with Crippen molar-refractivity contribution in [3.05, 3.63) is 51.5 Å². The number of esters is 1. The van der Waals surface area contributed by atoms with Crippen LogP contribution >= 0.6 is 11.6 Å². The van der Waals surface area contributed by atoms with Crippen LogP contribution in [0.4, 0.5) is 5.82 Å². The molecule has 0 spiro atoms. The molecule has 1 saturated heterocycles. The molecule has 2 aromatic rings. The monoisotopic (exact) mass is 348 g/mol. The number of carbonyl (C=O) groups excluding carboxylic acids is 1. The molecular weight excluding hydrogens is 332 g/mol. The van der Waals surface area contributed by atoms with Crippen LogP contribution in [0.2, 0.25) is 5.02 Å². The molecule has 0 amide bonds. The second kappa shape index (κ2) is 6.60. The lowest BCUT2D eigenvalue weighted by molar-refractivity contribution is -0.145. The van der Waals surface area contributed by atoms with Crippen LogP contribution in [0.5, 0.6) is 0 Å². The lowest BCUT2D eigenvalue weighted by Crippen LogP contribution is -2.27. The van der Waals surface area contributed by atoms with Crippen LogP contribution in [0.1, 0.15) is 11.6 Å². The summed E-state index contributed by atoms with van der Waals surface area (Å²) < 4.78 is 6.22. The SMILES string of the molecule is COC(=O)[C@@H]1CN(c2ccc(=O)n(C)n2)CC1c1ccc(Cl)cn1. The zero-order chi connectivity index (χ0) is 17.3. The van der Waals surface area contributed by atoms with E-state index in [1.54, 1.807) is 25.4 Å². The van der Waals surface area contributed by atoms with E-state index in [1.807, 2.05) is 11.0 Å². The van der Waals surface area contributed by atoms with Gasteiger partial charge in [0.2, 0.25) is 0 Å². The average Bonchev–Trinajstić information content (AvgIpc) is 3.02. The van der Waals surface area contributed by atoms with E-state index >= 15 is 0 Å². The third-order valence-electron chi connectivity index (χ3n) is 4.22. The molecule has 24 heavy (non-hydrogen) atoms. The Balaban J connectivity index is 1.92. The van der Waals surface area contributed by atoms with Crippen molar-refractivity contribution < 1.29 is 9.53 Å². The Morgan fingerprint density at radius 3 is 2.71 bits per heavy atom. The third-order valence-corrected chi connectivity index (χ3v) is 4.45. The van der Waals surface area contributed by atoms with Crippen molar-refractivity contribution in [3.63, 3.8) is 0 Å². The Kier molecular flexibility index (Phi) is 4.53. The molecular formula is C16H17ClN4O3. The topological polar surface area (TPSA) is 77.3 Å². The molecule has 3 rings (SSSR count). The van der Waals surface area contributed by atoms with Gasteiger partial charge in [-0.25, -0.2) is 4.68 Å². The molecule has 1 aliphatic heterocycles. The van der Waals surface area contributed by atoms with Gasteiger partial charge < -0.3 is 9.64 Å². The first-order valence-electron chi connectivity index (χ1n) is 7.48. The molecule has 8 heteroatoms. The minimum absolute atomic E-state index is 0.131. The Labute approximate surface area is 143 Å². The Morgan fingerprint density at radius 1 is 1.29 bits per heavy atom. The molecule has 126 valence electrons. The summed E-state index contributed by atoms with van der Waals surface area (Å²) in [4.78, 5) is 30.0. The molecule has 0 aromatic carbocycles. The second-order valence-electron chi connectivity index (χ2n) is 5.70. The molecule has 0 radical (unpaired) electrons. The van der Waals surface area contributed by atoms with Gasteiger partial charge >= 0.3 is 5.97 Å². The van der Waals surface area contributed by atoms with Gasteiger partial charge in [-0.2, -0.15) is 5.10 Å². The molecule has 1 aliphatic rings. The molecule has 0 bridgehead atoms. The van der Waals surface area contributed by atoms with E-state index in [1.165, 1.54) is 17.9 Å². The van der Waals surface area contributed by atoms with Crippen molar-refractivity contribution in [2.24, 2.45) is 13.0 Å². The summed E-state index contributed by atoms with van der Waals surface area (Å²) in [7, 11) is 2.97. The average molecular weight is 349 g/mol. The van der Waals surface area contributed by atoms with Crippen LogP contribution in [0, 0.1) is 5.92 Å². The van der Waals surface area contributed by atoms with Crippen LogP contribution in [-0.2, 0) is 16.6 Å². The predicted octanol–water partition coefficient (Wildman–Crippen LogP) is 1.22. The van der Waals surface area contributed by atoms with Gasteiger partial charge in [0.15, 0.2) is 0 Å². The highest BCUT2D eigenvalue weighted by molar-refractivity contribution is 6.30. The standard InChI is InChI=1S/C16H17ClN4O3/c1-20-15(22)6-5-14(19-20)21-8-11(12(9-21)16(23)24-2)13-4-3-10(17)7-18-13/h3-7,11-12H,8-9H2,1-2H3/t11?,12-/m1/s1. The predicted molar refractivity (Wildman–Crippen MR) is 89.2 cm³/mol. The molecule has 0 saturated carbocycles. The number of methoxy groups -OCH3 is 1. The maximum absolute atomic E-state index is 12.2. The zero-order valence-electron chi connectivity index (χ0n) is 13.3. The molecule has 1 unspecified atom stereocenters. The highest BCUT2D eigenvalue weighted by atomic mass is 35.5. The number of carbonyl (C=O) groups is 1. The van der Waals surface area contributed by atoms with E-state index in [0.29, 0.717) is 23.9 Å². The first-order valence-corrected chi connectivity index (χ1v) is 7.86. The maximum atomic E-state index is 12.2. The van der Waals surface area contributed by atoms with Crippen LogP contribution in [0.15, 0.2) is 35.3 Å².